The Morgan fingerprint density at radius 2 is 1.65 bits per heavy atom. The highest BCUT2D eigenvalue weighted by molar-refractivity contribution is 6.04. The van der Waals surface area contributed by atoms with Gasteiger partial charge in [0, 0.05) is 11.3 Å². The maximum atomic E-state index is 12.3. The summed E-state index contributed by atoms with van der Waals surface area (Å²) in [5, 5.41) is 2.84. The van der Waals surface area contributed by atoms with Gasteiger partial charge in [0.2, 0.25) is 0 Å². The van der Waals surface area contributed by atoms with Gasteiger partial charge in [-0.2, -0.15) is 0 Å². The SMILES string of the molecule is CCOc1ccc(NC(=O)c2ccc(OCC)c(OC)c2)cc1. The summed E-state index contributed by atoms with van der Waals surface area (Å²) in [7, 11) is 1.55. The standard InChI is InChI=1S/C18H21NO4/c1-4-22-15-9-7-14(8-10-15)19-18(20)13-6-11-16(23-5-2)17(12-13)21-3/h6-12H,4-5H2,1-3H3,(H,19,20). The lowest BCUT2D eigenvalue weighted by atomic mass is 10.2. The number of carbonyl (C=O) groups excluding carboxylic acids is 1. The summed E-state index contributed by atoms with van der Waals surface area (Å²) < 4.78 is 16.1. The van der Waals surface area contributed by atoms with E-state index < -0.39 is 0 Å². The van der Waals surface area contributed by atoms with Crippen molar-refractivity contribution in [1.82, 2.24) is 0 Å². The molecule has 122 valence electrons. The molecule has 5 nitrogen and oxygen atoms in total. The van der Waals surface area contributed by atoms with Gasteiger partial charge in [0.1, 0.15) is 5.75 Å². The van der Waals surface area contributed by atoms with Crippen molar-refractivity contribution in [3.63, 3.8) is 0 Å². The van der Waals surface area contributed by atoms with Crippen LogP contribution in [0.25, 0.3) is 0 Å². The van der Waals surface area contributed by atoms with Crippen molar-refractivity contribution in [3.05, 3.63) is 48.0 Å². The second-order valence-corrected chi connectivity index (χ2v) is 4.71. The lowest BCUT2D eigenvalue weighted by molar-refractivity contribution is 0.102. The van der Waals surface area contributed by atoms with E-state index in [1.807, 2.05) is 26.0 Å². The van der Waals surface area contributed by atoms with E-state index in [2.05, 4.69) is 5.32 Å². The highest BCUT2D eigenvalue weighted by Gasteiger charge is 2.11. The Bertz CT molecular complexity index is 653. The normalized spacial score (nSPS) is 10.0. The number of ether oxygens (including phenoxy) is 3. The van der Waals surface area contributed by atoms with E-state index in [-0.39, 0.29) is 5.91 Å². The summed E-state index contributed by atoms with van der Waals surface area (Å²) in [5.74, 6) is 1.71. The van der Waals surface area contributed by atoms with Gasteiger partial charge in [-0.05, 0) is 56.3 Å². The molecule has 0 atom stereocenters. The van der Waals surface area contributed by atoms with Gasteiger partial charge in [-0.15, -0.1) is 0 Å². The van der Waals surface area contributed by atoms with Gasteiger partial charge in [0.25, 0.3) is 5.91 Å². The number of carbonyl (C=O) groups is 1. The van der Waals surface area contributed by atoms with Gasteiger partial charge >= 0.3 is 0 Å². The first kappa shape index (κ1) is 16.7. The Hall–Kier alpha value is -2.69. The molecule has 2 rings (SSSR count). The zero-order valence-corrected chi connectivity index (χ0v) is 13.6. The number of benzene rings is 2. The van der Waals surface area contributed by atoms with E-state index in [0.717, 1.165) is 5.75 Å². The first-order chi connectivity index (χ1) is 11.2. The van der Waals surface area contributed by atoms with Crippen LogP contribution in [-0.2, 0) is 0 Å². The Labute approximate surface area is 136 Å². The molecule has 0 unspecified atom stereocenters. The molecule has 0 aliphatic rings. The smallest absolute Gasteiger partial charge is 0.255 e. The van der Waals surface area contributed by atoms with E-state index in [9.17, 15) is 4.79 Å². The number of hydrogen-bond acceptors (Lipinski definition) is 4. The molecule has 1 N–H and O–H groups in total. The summed E-state index contributed by atoms with van der Waals surface area (Å²) in [5.41, 5.74) is 1.20. The number of hydrogen-bond donors (Lipinski definition) is 1. The van der Waals surface area contributed by atoms with Gasteiger partial charge in [-0.25, -0.2) is 0 Å². The van der Waals surface area contributed by atoms with Crippen molar-refractivity contribution in [3.8, 4) is 17.2 Å². The molecule has 0 fully saturated rings. The second kappa shape index (κ2) is 8.08. The molecule has 0 aliphatic heterocycles. The highest BCUT2D eigenvalue weighted by Crippen LogP contribution is 2.28. The minimum absolute atomic E-state index is 0.212. The highest BCUT2D eigenvalue weighted by atomic mass is 16.5. The third kappa shape index (κ3) is 4.39. The van der Waals surface area contributed by atoms with Crippen molar-refractivity contribution < 1.29 is 19.0 Å². The van der Waals surface area contributed by atoms with Crippen molar-refractivity contribution >= 4 is 11.6 Å². The van der Waals surface area contributed by atoms with Gasteiger partial charge in [-0.1, -0.05) is 0 Å². The molecule has 2 aromatic carbocycles. The summed E-state index contributed by atoms with van der Waals surface area (Å²) >= 11 is 0. The molecular weight excluding hydrogens is 294 g/mol. The van der Waals surface area contributed by atoms with E-state index in [1.165, 1.54) is 0 Å². The van der Waals surface area contributed by atoms with Crippen LogP contribution < -0.4 is 19.5 Å². The van der Waals surface area contributed by atoms with Crippen LogP contribution in [-0.4, -0.2) is 26.2 Å². The van der Waals surface area contributed by atoms with Crippen LogP contribution >= 0.6 is 0 Å². The Balaban J connectivity index is 2.10. The van der Waals surface area contributed by atoms with Gasteiger partial charge < -0.3 is 19.5 Å². The molecule has 0 saturated carbocycles. The quantitative estimate of drug-likeness (QED) is 0.845. The third-order valence-electron chi connectivity index (χ3n) is 3.15. The average Bonchev–Trinajstić information content (AvgIpc) is 2.57. The molecule has 0 spiro atoms. The summed E-state index contributed by atoms with van der Waals surface area (Å²) in [6, 6.07) is 12.3. The van der Waals surface area contributed by atoms with Gasteiger partial charge in [-0.3, -0.25) is 4.79 Å². The number of rotatable bonds is 7. The van der Waals surface area contributed by atoms with Crippen LogP contribution in [0.15, 0.2) is 42.5 Å². The Morgan fingerprint density at radius 3 is 2.26 bits per heavy atom. The minimum atomic E-state index is -0.212. The van der Waals surface area contributed by atoms with Gasteiger partial charge in [0.15, 0.2) is 11.5 Å². The van der Waals surface area contributed by atoms with E-state index in [1.54, 1.807) is 37.4 Å². The fourth-order valence-electron chi connectivity index (χ4n) is 2.09. The van der Waals surface area contributed by atoms with Crippen LogP contribution in [0.5, 0.6) is 17.2 Å². The minimum Gasteiger partial charge on any atom is -0.494 e. The molecule has 5 heteroatoms. The van der Waals surface area contributed by atoms with Crippen LogP contribution in [0.4, 0.5) is 5.69 Å². The molecule has 0 aromatic heterocycles. The number of nitrogens with one attached hydrogen (secondary N) is 1. The zero-order valence-electron chi connectivity index (χ0n) is 13.6. The maximum Gasteiger partial charge on any atom is 0.255 e. The second-order valence-electron chi connectivity index (χ2n) is 4.71. The maximum absolute atomic E-state index is 12.3. The van der Waals surface area contributed by atoms with E-state index >= 15 is 0 Å². The topological polar surface area (TPSA) is 56.8 Å². The number of amides is 1. The first-order valence-electron chi connectivity index (χ1n) is 7.53. The molecular formula is C18H21NO4. The number of methoxy groups -OCH3 is 1. The summed E-state index contributed by atoms with van der Waals surface area (Å²) in [6.07, 6.45) is 0. The molecule has 0 bridgehead atoms. The van der Waals surface area contributed by atoms with Crippen molar-refractivity contribution in [2.24, 2.45) is 0 Å². The van der Waals surface area contributed by atoms with Crippen molar-refractivity contribution in [1.29, 1.82) is 0 Å². The van der Waals surface area contributed by atoms with Crippen LogP contribution in [0.2, 0.25) is 0 Å². The van der Waals surface area contributed by atoms with Gasteiger partial charge in [0.05, 0.1) is 20.3 Å². The predicted octanol–water partition coefficient (Wildman–Crippen LogP) is 3.74. The number of anilines is 1. The summed E-state index contributed by atoms with van der Waals surface area (Å²) in [4.78, 5) is 12.3. The largest absolute Gasteiger partial charge is 0.494 e. The van der Waals surface area contributed by atoms with Crippen LogP contribution in [0.1, 0.15) is 24.2 Å². The fourth-order valence-corrected chi connectivity index (χ4v) is 2.09. The third-order valence-corrected chi connectivity index (χ3v) is 3.15. The van der Waals surface area contributed by atoms with Crippen molar-refractivity contribution in [2.45, 2.75) is 13.8 Å². The molecule has 0 aliphatic carbocycles. The fraction of sp³-hybridized carbons (Fsp3) is 0.278. The average molecular weight is 315 g/mol. The van der Waals surface area contributed by atoms with Crippen molar-refractivity contribution in [2.75, 3.05) is 25.6 Å². The monoisotopic (exact) mass is 315 g/mol. The lowest BCUT2D eigenvalue weighted by Crippen LogP contribution is -2.12. The molecule has 0 heterocycles. The lowest BCUT2D eigenvalue weighted by Gasteiger charge is -2.11. The Kier molecular flexibility index (Phi) is 5.86. The Morgan fingerprint density at radius 1 is 0.957 bits per heavy atom. The predicted molar refractivity (Wildman–Crippen MR) is 89.7 cm³/mol. The van der Waals surface area contributed by atoms with E-state index in [4.69, 9.17) is 14.2 Å². The van der Waals surface area contributed by atoms with E-state index in [0.29, 0.717) is 36.0 Å². The van der Waals surface area contributed by atoms with Crippen LogP contribution in [0, 0.1) is 0 Å². The first-order valence-corrected chi connectivity index (χ1v) is 7.53. The van der Waals surface area contributed by atoms with Crippen LogP contribution in [0.3, 0.4) is 0 Å². The zero-order chi connectivity index (χ0) is 16.7. The molecule has 0 saturated heterocycles. The molecule has 0 radical (unpaired) electrons. The molecule has 23 heavy (non-hydrogen) atoms. The molecule has 2 aromatic rings. The summed E-state index contributed by atoms with van der Waals surface area (Å²) in [6.45, 7) is 4.97. The molecule has 1 amide bonds.